The van der Waals surface area contributed by atoms with E-state index in [0.29, 0.717) is 5.57 Å². The normalized spacial score (nSPS) is 11.4. The standard InChI is InChI=1S/C22H24O/c1-6-19-9-12-21(17(4)13-19)22(14-16(3)18(5)23)20-10-7-15(2)8-11-20/h7-14H,3,6H2,1-2,4-5H3/b22-14-. The van der Waals surface area contributed by atoms with Gasteiger partial charge in [-0.2, -0.15) is 0 Å². The van der Waals surface area contributed by atoms with Gasteiger partial charge in [0, 0.05) is 5.57 Å². The lowest BCUT2D eigenvalue weighted by molar-refractivity contribution is -0.113. The van der Waals surface area contributed by atoms with Crippen LogP contribution in [0.3, 0.4) is 0 Å². The van der Waals surface area contributed by atoms with Crippen molar-refractivity contribution in [3.63, 3.8) is 0 Å². The molecule has 118 valence electrons. The van der Waals surface area contributed by atoms with Gasteiger partial charge in [0.05, 0.1) is 0 Å². The summed E-state index contributed by atoms with van der Waals surface area (Å²) in [5.41, 5.74) is 7.58. The van der Waals surface area contributed by atoms with Crippen molar-refractivity contribution >= 4 is 11.4 Å². The largest absolute Gasteiger partial charge is 0.295 e. The zero-order chi connectivity index (χ0) is 17.0. The third-order valence-electron chi connectivity index (χ3n) is 4.12. The van der Waals surface area contributed by atoms with E-state index in [1.54, 1.807) is 6.92 Å². The highest BCUT2D eigenvalue weighted by molar-refractivity contribution is 5.99. The Morgan fingerprint density at radius 1 is 1.09 bits per heavy atom. The Kier molecular flexibility index (Phi) is 5.33. The molecule has 1 heteroatoms. The highest BCUT2D eigenvalue weighted by Gasteiger charge is 2.10. The van der Waals surface area contributed by atoms with Crippen molar-refractivity contribution in [3.05, 3.63) is 88.5 Å². The van der Waals surface area contributed by atoms with Crippen molar-refractivity contribution in [1.82, 2.24) is 0 Å². The van der Waals surface area contributed by atoms with E-state index < -0.39 is 0 Å². The molecular weight excluding hydrogens is 280 g/mol. The maximum absolute atomic E-state index is 11.6. The first-order valence-corrected chi connectivity index (χ1v) is 8.01. The Morgan fingerprint density at radius 2 is 1.74 bits per heavy atom. The van der Waals surface area contributed by atoms with Crippen LogP contribution in [0.2, 0.25) is 0 Å². The van der Waals surface area contributed by atoms with Gasteiger partial charge in [-0.1, -0.05) is 61.5 Å². The molecule has 0 aliphatic rings. The van der Waals surface area contributed by atoms with Gasteiger partial charge < -0.3 is 0 Å². The Bertz CT molecular complexity index is 761. The van der Waals surface area contributed by atoms with Gasteiger partial charge in [-0.3, -0.25) is 4.79 Å². The fourth-order valence-electron chi connectivity index (χ4n) is 2.57. The van der Waals surface area contributed by atoms with E-state index >= 15 is 0 Å². The first kappa shape index (κ1) is 17.0. The summed E-state index contributed by atoms with van der Waals surface area (Å²) in [6, 6.07) is 14.9. The topological polar surface area (TPSA) is 17.1 Å². The van der Waals surface area contributed by atoms with Crippen LogP contribution in [-0.4, -0.2) is 5.78 Å². The Balaban J connectivity index is 2.60. The lowest BCUT2D eigenvalue weighted by Gasteiger charge is -2.14. The molecule has 0 N–H and O–H groups in total. The maximum atomic E-state index is 11.6. The first-order chi connectivity index (χ1) is 10.9. The molecule has 0 amide bonds. The highest BCUT2D eigenvalue weighted by atomic mass is 16.1. The minimum atomic E-state index is -0.00237. The van der Waals surface area contributed by atoms with Crippen molar-refractivity contribution in [2.75, 3.05) is 0 Å². The van der Waals surface area contributed by atoms with E-state index in [-0.39, 0.29) is 5.78 Å². The van der Waals surface area contributed by atoms with Crippen LogP contribution in [0.5, 0.6) is 0 Å². The Labute approximate surface area is 139 Å². The molecule has 0 aliphatic carbocycles. The molecule has 0 bridgehead atoms. The van der Waals surface area contributed by atoms with Gasteiger partial charge in [0.25, 0.3) is 0 Å². The average Bonchev–Trinajstić information content (AvgIpc) is 2.53. The molecule has 0 saturated heterocycles. The van der Waals surface area contributed by atoms with Crippen molar-refractivity contribution in [3.8, 4) is 0 Å². The fraction of sp³-hybridized carbons (Fsp3) is 0.227. The summed E-state index contributed by atoms with van der Waals surface area (Å²) in [5.74, 6) is -0.00237. The molecule has 2 aromatic rings. The van der Waals surface area contributed by atoms with Gasteiger partial charge in [-0.15, -0.1) is 0 Å². The van der Waals surface area contributed by atoms with Gasteiger partial charge in [0.2, 0.25) is 0 Å². The minimum Gasteiger partial charge on any atom is -0.295 e. The predicted octanol–water partition coefficient (Wildman–Crippen LogP) is 5.44. The van der Waals surface area contributed by atoms with Gasteiger partial charge >= 0.3 is 0 Å². The van der Waals surface area contributed by atoms with Crippen LogP contribution in [-0.2, 0) is 11.2 Å². The number of benzene rings is 2. The lowest BCUT2D eigenvalue weighted by atomic mass is 9.90. The summed E-state index contributed by atoms with van der Waals surface area (Å²) >= 11 is 0. The van der Waals surface area contributed by atoms with Crippen molar-refractivity contribution in [2.45, 2.75) is 34.1 Å². The first-order valence-electron chi connectivity index (χ1n) is 8.01. The second-order valence-electron chi connectivity index (χ2n) is 6.01. The van der Waals surface area contributed by atoms with E-state index in [1.165, 1.54) is 16.7 Å². The van der Waals surface area contributed by atoms with Gasteiger partial charge in [-0.25, -0.2) is 0 Å². The van der Waals surface area contributed by atoms with Crippen molar-refractivity contribution in [2.24, 2.45) is 0 Å². The number of hydrogen-bond donors (Lipinski definition) is 0. The molecule has 0 radical (unpaired) electrons. The van der Waals surface area contributed by atoms with Gasteiger partial charge in [0.15, 0.2) is 5.78 Å². The minimum absolute atomic E-state index is 0.00237. The average molecular weight is 304 g/mol. The monoisotopic (exact) mass is 304 g/mol. The van der Waals surface area contributed by atoms with E-state index in [9.17, 15) is 4.79 Å². The quantitative estimate of drug-likeness (QED) is 0.531. The summed E-state index contributed by atoms with van der Waals surface area (Å²) in [5, 5.41) is 0. The zero-order valence-electron chi connectivity index (χ0n) is 14.4. The molecule has 1 nitrogen and oxygen atoms in total. The molecule has 23 heavy (non-hydrogen) atoms. The molecule has 0 aliphatic heterocycles. The van der Waals surface area contributed by atoms with Gasteiger partial charge in [0.1, 0.15) is 0 Å². The number of allylic oxidation sites excluding steroid dienone is 2. The Hall–Kier alpha value is -2.41. The number of hydrogen-bond acceptors (Lipinski definition) is 1. The smallest absolute Gasteiger partial charge is 0.159 e. The SMILES string of the molecule is C=C(/C=C(/c1ccc(C)cc1)c1ccc(CC)cc1C)C(C)=O. The summed E-state index contributed by atoms with van der Waals surface area (Å²) < 4.78 is 0. The zero-order valence-corrected chi connectivity index (χ0v) is 14.4. The van der Waals surface area contributed by atoms with Gasteiger partial charge in [-0.05, 0) is 61.1 Å². The molecule has 0 fully saturated rings. The molecule has 0 atom stereocenters. The summed E-state index contributed by atoms with van der Waals surface area (Å²) in [7, 11) is 0. The molecule has 0 unspecified atom stereocenters. The second kappa shape index (κ2) is 7.23. The molecular formula is C22H24O. The summed E-state index contributed by atoms with van der Waals surface area (Å²) in [6.45, 7) is 11.8. The Morgan fingerprint density at radius 3 is 2.26 bits per heavy atom. The summed E-state index contributed by atoms with van der Waals surface area (Å²) in [6.07, 6.45) is 2.92. The highest BCUT2D eigenvalue weighted by Crippen LogP contribution is 2.28. The number of carbonyl (C=O) groups is 1. The number of rotatable bonds is 5. The maximum Gasteiger partial charge on any atom is 0.159 e. The molecule has 0 spiro atoms. The molecule has 0 aromatic heterocycles. The van der Waals surface area contributed by atoms with Crippen LogP contribution in [0, 0.1) is 13.8 Å². The third-order valence-corrected chi connectivity index (χ3v) is 4.12. The van der Waals surface area contributed by atoms with Crippen LogP contribution in [0.1, 0.15) is 41.7 Å². The summed E-state index contributed by atoms with van der Waals surface area (Å²) in [4.78, 5) is 11.6. The van der Waals surface area contributed by atoms with Crippen LogP contribution < -0.4 is 0 Å². The molecule has 2 aromatic carbocycles. The van der Waals surface area contributed by atoms with Crippen LogP contribution >= 0.6 is 0 Å². The van der Waals surface area contributed by atoms with Crippen molar-refractivity contribution in [1.29, 1.82) is 0 Å². The number of Topliss-reactive ketones (excluding diaryl/α,β-unsaturated/α-hetero) is 1. The fourth-order valence-corrected chi connectivity index (χ4v) is 2.57. The molecule has 2 rings (SSSR count). The third kappa shape index (κ3) is 4.07. The van der Waals surface area contributed by atoms with Crippen molar-refractivity contribution < 1.29 is 4.79 Å². The predicted molar refractivity (Wildman–Crippen MR) is 98.6 cm³/mol. The number of carbonyl (C=O) groups excluding carboxylic acids is 1. The van der Waals surface area contributed by atoms with Crippen LogP contribution in [0.15, 0.2) is 60.7 Å². The van der Waals surface area contributed by atoms with E-state index in [4.69, 9.17) is 0 Å². The second-order valence-corrected chi connectivity index (χ2v) is 6.01. The van der Waals surface area contributed by atoms with E-state index in [1.807, 2.05) is 6.08 Å². The van der Waals surface area contributed by atoms with E-state index in [2.05, 4.69) is 69.8 Å². The lowest BCUT2D eigenvalue weighted by Crippen LogP contribution is -1.97. The number of aryl methyl sites for hydroxylation is 3. The van der Waals surface area contributed by atoms with Crippen LogP contribution in [0.25, 0.3) is 5.57 Å². The van der Waals surface area contributed by atoms with E-state index in [0.717, 1.165) is 23.1 Å². The van der Waals surface area contributed by atoms with Crippen LogP contribution in [0.4, 0.5) is 0 Å². The number of ketones is 1. The molecule has 0 saturated carbocycles. The molecule has 0 heterocycles.